The van der Waals surface area contributed by atoms with Crippen LogP contribution in [0.5, 0.6) is 5.75 Å². The molecule has 0 aliphatic rings. The third-order valence-electron chi connectivity index (χ3n) is 3.76. The zero-order valence-electron chi connectivity index (χ0n) is 14.3. The Morgan fingerprint density at radius 1 is 1.22 bits per heavy atom. The maximum atomic E-state index is 12.6. The van der Waals surface area contributed by atoms with Gasteiger partial charge < -0.3 is 15.2 Å². The van der Waals surface area contributed by atoms with Crippen molar-refractivity contribution in [1.29, 1.82) is 0 Å². The van der Waals surface area contributed by atoms with Gasteiger partial charge in [0.15, 0.2) is 0 Å². The molecule has 0 aliphatic carbocycles. The summed E-state index contributed by atoms with van der Waals surface area (Å²) in [7, 11) is 0. The first-order valence-electron chi connectivity index (χ1n) is 7.94. The van der Waals surface area contributed by atoms with E-state index in [1.165, 1.54) is 18.3 Å². The molecule has 144 valence electrons. The van der Waals surface area contributed by atoms with Gasteiger partial charge in [-0.05, 0) is 30.2 Å². The number of aryl methyl sites for hydroxylation is 1. The lowest BCUT2D eigenvalue weighted by Crippen LogP contribution is -2.39. The molecule has 0 spiro atoms. The second-order valence-electron chi connectivity index (χ2n) is 5.70. The lowest BCUT2D eigenvalue weighted by molar-refractivity contribution is -0.174. The van der Waals surface area contributed by atoms with Crippen molar-refractivity contribution in [3.63, 3.8) is 0 Å². The molecule has 1 aromatic heterocycles. The summed E-state index contributed by atoms with van der Waals surface area (Å²) in [6.07, 6.45) is -3.70. The number of nitrogens with one attached hydrogen (secondary N) is 1. The fourth-order valence-corrected chi connectivity index (χ4v) is 2.41. The van der Waals surface area contributed by atoms with E-state index in [1.54, 1.807) is 31.2 Å². The van der Waals surface area contributed by atoms with Crippen LogP contribution in [0, 0.1) is 6.92 Å². The van der Waals surface area contributed by atoms with E-state index in [4.69, 9.17) is 9.84 Å². The number of ether oxygens (including phenoxy) is 1. The van der Waals surface area contributed by atoms with Crippen LogP contribution in [-0.2, 0) is 4.79 Å². The number of carboxylic acids is 1. The Kier molecular flexibility index (Phi) is 6.38. The molecule has 2 rings (SSSR count). The molecule has 0 saturated carbocycles. The van der Waals surface area contributed by atoms with Crippen LogP contribution in [0.1, 0.15) is 34.1 Å². The van der Waals surface area contributed by atoms with E-state index >= 15 is 0 Å². The molecule has 1 unspecified atom stereocenters. The molecule has 1 aromatic carbocycles. The van der Waals surface area contributed by atoms with Gasteiger partial charge in [0.1, 0.15) is 11.4 Å². The van der Waals surface area contributed by atoms with Crippen LogP contribution in [0.3, 0.4) is 0 Å². The smallest absolute Gasteiger partial charge is 0.471 e. The van der Waals surface area contributed by atoms with Crippen molar-refractivity contribution in [2.75, 3.05) is 6.61 Å². The number of hydrogen-bond donors (Lipinski definition) is 2. The van der Waals surface area contributed by atoms with Gasteiger partial charge in [-0.1, -0.05) is 24.3 Å². The second-order valence-corrected chi connectivity index (χ2v) is 5.70. The first-order chi connectivity index (χ1) is 12.7. The van der Waals surface area contributed by atoms with Crippen molar-refractivity contribution in [2.45, 2.75) is 25.6 Å². The molecular formula is C18H17F3N2O4. The van der Waals surface area contributed by atoms with Crippen LogP contribution in [0.4, 0.5) is 13.2 Å². The Morgan fingerprint density at radius 2 is 1.93 bits per heavy atom. The first-order valence-corrected chi connectivity index (χ1v) is 7.94. The molecular weight excluding hydrogens is 365 g/mol. The topological polar surface area (TPSA) is 88.5 Å². The monoisotopic (exact) mass is 382 g/mol. The summed E-state index contributed by atoms with van der Waals surface area (Å²) < 4.78 is 43.3. The minimum absolute atomic E-state index is 0.00869. The number of aromatic nitrogens is 1. The number of amides is 1. The Balaban J connectivity index is 2.06. The fraction of sp³-hybridized carbons (Fsp3) is 0.278. The van der Waals surface area contributed by atoms with E-state index in [9.17, 15) is 22.8 Å². The maximum Gasteiger partial charge on any atom is 0.471 e. The normalized spacial score (nSPS) is 12.3. The van der Waals surface area contributed by atoms with Crippen LogP contribution in [-0.4, -0.2) is 34.8 Å². The highest BCUT2D eigenvalue weighted by Gasteiger charge is 2.40. The summed E-state index contributed by atoms with van der Waals surface area (Å²) in [5.41, 5.74) is 1.13. The highest BCUT2D eigenvalue weighted by Crippen LogP contribution is 2.24. The van der Waals surface area contributed by atoms with E-state index < -0.39 is 24.1 Å². The number of aromatic carboxylic acids is 1. The zero-order valence-corrected chi connectivity index (χ0v) is 14.3. The molecule has 0 fully saturated rings. The van der Waals surface area contributed by atoms with Crippen molar-refractivity contribution < 1.29 is 32.6 Å². The number of carbonyl (C=O) groups is 2. The third-order valence-corrected chi connectivity index (χ3v) is 3.76. The van der Waals surface area contributed by atoms with Crippen molar-refractivity contribution in [3.8, 4) is 5.75 Å². The SMILES string of the molecule is Cc1ccccc1C(CCOc1ccc(C(=O)O)nc1)NC(=O)C(F)(F)F. The molecule has 0 radical (unpaired) electrons. The number of hydrogen-bond acceptors (Lipinski definition) is 4. The summed E-state index contributed by atoms with van der Waals surface area (Å²) in [4.78, 5) is 25.8. The molecule has 0 saturated heterocycles. The molecule has 2 aromatic rings. The fourth-order valence-electron chi connectivity index (χ4n) is 2.41. The molecule has 1 atom stereocenters. The van der Waals surface area contributed by atoms with Crippen molar-refractivity contribution in [1.82, 2.24) is 10.3 Å². The van der Waals surface area contributed by atoms with Crippen LogP contribution in [0.15, 0.2) is 42.6 Å². The van der Waals surface area contributed by atoms with Gasteiger partial charge in [-0.25, -0.2) is 9.78 Å². The van der Waals surface area contributed by atoms with Crippen molar-refractivity contribution in [2.24, 2.45) is 0 Å². The molecule has 27 heavy (non-hydrogen) atoms. The Labute approximate surface area is 153 Å². The molecule has 0 bridgehead atoms. The van der Waals surface area contributed by atoms with Gasteiger partial charge in [-0.2, -0.15) is 13.2 Å². The van der Waals surface area contributed by atoms with Crippen LogP contribution in [0.25, 0.3) is 0 Å². The van der Waals surface area contributed by atoms with E-state index in [-0.39, 0.29) is 24.5 Å². The van der Waals surface area contributed by atoms with Gasteiger partial charge in [-0.15, -0.1) is 0 Å². The van der Waals surface area contributed by atoms with Crippen LogP contribution >= 0.6 is 0 Å². The first kappa shape index (κ1) is 20.2. The molecule has 1 amide bonds. The van der Waals surface area contributed by atoms with Gasteiger partial charge in [0.05, 0.1) is 18.8 Å². The minimum atomic E-state index is -4.99. The number of nitrogens with zero attached hydrogens (tertiary/aromatic N) is 1. The van der Waals surface area contributed by atoms with E-state index in [2.05, 4.69) is 4.98 Å². The summed E-state index contributed by atoms with van der Waals surface area (Å²) in [6, 6.07) is 8.54. The van der Waals surface area contributed by atoms with Gasteiger partial charge in [0.2, 0.25) is 0 Å². The highest BCUT2D eigenvalue weighted by molar-refractivity contribution is 5.85. The van der Waals surface area contributed by atoms with Crippen LogP contribution in [0.2, 0.25) is 0 Å². The van der Waals surface area contributed by atoms with Crippen molar-refractivity contribution in [3.05, 3.63) is 59.4 Å². The molecule has 0 aliphatic heterocycles. The average Bonchev–Trinajstić information content (AvgIpc) is 2.61. The number of carbonyl (C=O) groups excluding carboxylic acids is 1. The molecule has 9 heteroatoms. The Morgan fingerprint density at radius 3 is 2.48 bits per heavy atom. The number of halogens is 3. The van der Waals surface area contributed by atoms with Gasteiger partial charge >= 0.3 is 18.1 Å². The number of alkyl halides is 3. The number of benzene rings is 1. The van der Waals surface area contributed by atoms with E-state index in [0.717, 1.165) is 5.56 Å². The minimum Gasteiger partial charge on any atom is -0.492 e. The van der Waals surface area contributed by atoms with Gasteiger partial charge in [0.25, 0.3) is 0 Å². The lowest BCUT2D eigenvalue weighted by atomic mass is 9.99. The number of rotatable bonds is 7. The van der Waals surface area contributed by atoms with Gasteiger partial charge in [-0.3, -0.25) is 4.79 Å². The zero-order chi connectivity index (χ0) is 20.0. The summed E-state index contributed by atoms with van der Waals surface area (Å²) >= 11 is 0. The predicted molar refractivity (Wildman–Crippen MR) is 89.4 cm³/mol. The second kappa shape index (κ2) is 8.52. The summed E-state index contributed by atoms with van der Waals surface area (Å²) in [5.74, 6) is -2.94. The molecule has 6 nitrogen and oxygen atoms in total. The summed E-state index contributed by atoms with van der Waals surface area (Å²) in [6.45, 7) is 1.72. The third kappa shape index (κ3) is 5.70. The lowest BCUT2D eigenvalue weighted by Gasteiger charge is -2.22. The quantitative estimate of drug-likeness (QED) is 0.767. The number of pyridine rings is 1. The maximum absolute atomic E-state index is 12.6. The molecule has 2 N–H and O–H groups in total. The van der Waals surface area contributed by atoms with Crippen LogP contribution < -0.4 is 10.1 Å². The Bertz CT molecular complexity index is 807. The summed E-state index contributed by atoms with van der Waals surface area (Å²) in [5, 5.41) is 10.8. The average molecular weight is 382 g/mol. The standard InChI is InChI=1S/C18H17F3N2O4/c1-11-4-2-3-5-13(11)14(23-17(26)18(19,20)21)8-9-27-12-6-7-15(16(24)25)22-10-12/h2-7,10,14H,8-9H2,1H3,(H,23,26)(H,24,25). The van der Waals surface area contributed by atoms with Crippen molar-refractivity contribution >= 4 is 11.9 Å². The van der Waals surface area contributed by atoms with Gasteiger partial charge in [0, 0.05) is 6.42 Å². The molecule has 1 heterocycles. The number of carboxylic acid groups (broad SMARTS) is 1. The van der Waals surface area contributed by atoms with E-state index in [1.807, 2.05) is 5.32 Å². The largest absolute Gasteiger partial charge is 0.492 e. The van der Waals surface area contributed by atoms with E-state index in [0.29, 0.717) is 5.56 Å². The predicted octanol–water partition coefficient (Wildman–Crippen LogP) is 3.28. The highest BCUT2D eigenvalue weighted by atomic mass is 19.4. The Hall–Kier alpha value is -3.10.